The fourth-order valence-electron chi connectivity index (χ4n) is 2.19. The monoisotopic (exact) mass is 343 g/mol. The maximum atomic E-state index is 11.1. The minimum atomic E-state index is -0.803. The maximum absolute atomic E-state index is 11.1. The van der Waals surface area contributed by atoms with E-state index < -0.39 is 12.0 Å². The van der Waals surface area contributed by atoms with Crippen LogP contribution in [0, 0.1) is 0 Å². The van der Waals surface area contributed by atoms with E-state index in [9.17, 15) is 9.90 Å². The van der Waals surface area contributed by atoms with Crippen LogP contribution in [0.3, 0.4) is 0 Å². The second-order valence-electron chi connectivity index (χ2n) is 5.18. The van der Waals surface area contributed by atoms with E-state index >= 15 is 0 Å². The Morgan fingerprint density at radius 3 is 2.67 bits per heavy atom. The van der Waals surface area contributed by atoms with Crippen LogP contribution in [0.2, 0.25) is 5.02 Å². The van der Waals surface area contributed by atoms with Crippen LogP contribution in [0.15, 0.2) is 48.5 Å². The highest BCUT2D eigenvalue weighted by Crippen LogP contribution is 2.19. The molecule has 0 aliphatic carbocycles. The summed E-state index contributed by atoms with van der Waals surface area (Å²) in [5.41, 5.74) is 6.98. The summed E-state index contributed by atoms with van der Waals surface area (Å²) in [6.45, 7) is 0.146. The van der Waals surface area contributed by atoms with Gasteiger partial charge in [0.05, 0.1) is 6.54 Å². The molecular formula is C16H14ClN5O2. The molecule has 1 heterocycles. The molecule has 1 amide bonds. The highest BCUT2D eigenvalue weighted by atomic mass is 35.5. The van der Waals surface area contributed by atoms with Crippen molar-refractivity contribution in [1.82, 2.24) is 20.2 Å². The lowest BCUT2D eigenvalue weighted by molar-refractivity contribution is 0.1000. The predicted octanol–water partition coefficient (Wildman–Crippen LogP) is 1.83. The van der Waals surface area contributed by atoms with Crippen molar-refractivity contribution < 1.29 is 9.90 Å². The predicted molar refractivity (Wildman–Crippen MR) is 88.2 cm³/mol. The van der Waals surface area contributed by atoms with Crippen LogP contribution in [0.5, 0.6) is 0 Å². The lowest BCUT2D eigenvalue weighted by atomic mass is 10.1. The molecule has 122 valence electrons. The molecule has 0 radical (unpaired) electrons. The first-order chi connectivity index (χ1) is 11.5. The number of benzene rings is 2. The first-order valence-electron chi connectivity index (χ1n) is 7.14. The van der Waals surface area contributed by atoms with E-state index in [2.05, 4.69) is 15.4 Å². The first-order valence-corrected chi connectivity index (χ1v) is 7.52. The molecule has 0 spiro atoms. The number of aromatic nitrogens is 4. The molecule has 0 aliphatic rings. The van der Waals surface area contributed by atoms with E-state index in [4.69, 9.17) is 17.3 Å². The van der Waals surface area contributed by atoms with E-state index in [0.717, 1.165) is 0 Å². The largest absolute Gasteiger partial charge is 0.386 e. The van der Waals surface area contributed by atoms with Crippen molar-refractivity contribution in [2.24, 2.45) is 5.73 Å². The van der Waals surface area contributed by atoms with Crippen molar-refractivity contribution in [2.75, 3.05) is 0 Å². The van der Waals surface area contributed by atoms with Gasteiger partial charge in [0.2, 0.25) is 11.7 Å². The standard InChI is InChI=1S/C16H14ClN5O2/c17-13-3-1-2-12(8-13)14(23)9-22-20-16(19-21-22)11-6-4-10(5-7-11)15(18)24/h1-8,14,23H,9H2,(H2,18,24). The lowest BCUT2D eigenvalue weighted by Gasteiger charge is -2.09. The third-order valence-electron chi connectivity index (χ3n) is 3.45. The van der Waals surface area contributed by atoms with Gasteiger partial charge in [0.1, 0.15) is 6.10 Å². The average Bonchev–Trinajstić information content (AvgIpc) is 3.03. The van der Waals surface area contributed by atoms with E-state index in [1.54, 1.807) is 48.5 Å². The molecule has 0 aliphatic heterocycles. The molecule has 0 fully saturated rings. The Morgan fingerprint density at radius 1 is 1.25 bits per heavy atom. The zero-order chi connectivity index (χ0) is 17.1. The summed E-state index contributed by atoms with van der Waals surface area (Å²) in [6.07, 6.45) is -0.803. The van der Waals surface area contributed by atoms with Crippen molar-refractivity contribution in [2.45, 2.75) is 12.6 Å². The number of carbonyl (C=O) groups is 1. The number of carbonyl (C=O) groups excluding carboxylic acids is 1. The van der Waals surface area contributed by atoms with Crippen LogP contribution in [0.4, 0.5) is 0 Å². The van der Waals surface area contributed by atoms with Crippen LogP contribution in [0.25, 0.3) is 11.4 Å². The minimum absolute atomic E-state index is 0.146. The SMILES string of the molecule is NC(=O)c1ccc(-c2nnn(CC(O)c3cccc(Cl)c3)n2)cc1. The minimum Gasteiger partial charge on any atom is -0.386 e. The van der Waals surface area contributed by atoms with Crippen molar-refractivity contribution in [3.8, 4) is 11.4 Å². The Hall–Kier alpha value is -2.77. The summed E-state index contributed by atoms with van der Waals surface area (Å²) in [4.78, 5) is 12.4. The Balaban J connectivity index is 1.74. The third-order valence-corrected chi connectivity index (χ3v) is 3.69. The first kappa shape index (κ1) is 16.1. The molecule has 3 aromatic rings. The number of hydrogen-bond donors (Lipinski definition) is 2. The Labute approximate surface area is 142 Å². The number of halogens is 1. The number of aliphatic hydroxyl groups is 1. The van der Waals surface area contributed by atoms with E-state index in [1.165, 1.54) is 4.80 Å². The number of tetrazole rings is 1. The fraction of sp³-hybridized carbons (Fsp3) is 0.125. The quantitative estimate of drug-likeness (QED) is 0.734. The Morgan fingerprint density at radius 2 is 2.00 bits per heavy atom. The van der Waals surface area contributed by atoms with Crippen LogP contribution >= 0.6 is 11.6 Å². The molecule has 0 saturated heterocycles. The highest BCUT2D eigenvalue weighted by Gasteiger charge is 2.13. The Kier molecular flexibility index (Phi) is 4.54. The molecule has 1 unspecified atom stereocenters. The van der Waals surface area contributed by atoms with Gasteiger partial charge in [0, 0.05) is 16.1 Å². The summed E-state index contributed by atoms with van der Waals surface area (Å²) < 4.78 is 0. The van der Waals surface area contributed by atoms with E-state index in [1.807, 2.05) is 0 Å². The van der Waals surface area contributed by atoms with Crippen LogP contribution in [-0.2, 0) is 6.54 Å². The van der Waals surface area contributed by atoms with Gasteiger partial charge in [-0.1, -0.05) is 35.9 Å². The summed E-state index contributed by atoms with van der Waals surface area (Å²) >= 11 is 5.92. The molecule has 3 rings (SSSR count). The van der Waals surface area contributed by atoms with Crippen molar-refractivity contribution >= 4 is 17.5 Å². The molecule has 1 aromatic heterocycles. The van der Waals surface area contributed by atoms with E-state index in [0.29, 0.717) is 27.5 Å². The summed E-state index contributed by atoms with van der Waals surface area (Å²) in [5.74, 6) is -0.105. The summed E-state index contributed by atoms with van der Waals surface area (Å²) in [5, 5.41) is 22.9. The molecule has 8 heteroatoms. The van der Waals surface area contributed by atoms with Crippen LogP contribution in [-0.4, -0.2) is 31.2 Å². The molecule has 24 heavy (non-hydrogen) atoms. The number of nitrogens with zero attached hydrogens (tertiary/aromatic N) is 4. The summed E-state index contributed by atoms with van der Waals surface area (Å²) in [7, 11) is 0. The van der Waals surface area contributed by atoms with Gasteiger partial charge in [-0.2, -0.15) is 4.80 Å². The van der Waals surface area contributed by atoms with Gasteiger partial charge < -0.3 is 10.8 Å². The highest BCUT2D eigenvalue weighted by molar-refractivity contribution is 6.30. The topological polar surface area (TPSA) is 107 Å². The normalized spacial score (nSPS) is 12.1. The number of amides is 1. The van der Waals surface area contributed by atoms with Gasteiger partial charge >= 0.3 is 0 Å². The molecule has 7 nitrogen and oxygen atoms in total. The van der Waals surface area contributed by atoms with Gasteiger partial charge in [0.15, 0.2) is 0 Å². The maximum Gasteiger partial charge on any atom is 0.248 e. The number of aliphatic hydroxyl groups excluding tert-OH is 1. The van der Waals surface area contributed by atoms with Crippen molar-refractivity contribution in [3.05, 3.63) is 64.7 Å². The van der Waals surface area contributed by atoms with Gasteiger partial charge in [-0.15, -0.1) is 10.2 Å². The number of hydrogen-bond acceptors (Lipinski definition) is 5. The van der Waals surface area contributed by atoms with Gasteiger partial charge in [-0.05, 0) is 35.0 Å². The van der Waals surface area contributed by atoms with Crippen LogP contribution in [0.1, 0.15) is 22.0 Å². The van der Waals surface area contributed by atoms with Gasteiger partial charge in [-0.25, -0.2) is 0 Å². The summed E-state index contributed by atoms with van der Waals surface area (Å²) in [6, 6.07) is 13.5. The van der Waals surface area contributed by atoms with Gasteiger partial charge in [-0.3, -0.25) is 4.79 Å². The number of rotatable bonds is 5. The molecule has 0 saturated carbocycles. The zero-order valence-corrected chi connectivity index (χ0v) is 13.3. The number of nitrogens with two attached hydrogens (primary N) is 1. The third kappa shape index (κ3) is 3.58. The molecule has 3 N–H and O–H groups in total. The smallest absolute Gasteiger partial charge is 0.248 e. The lowest BCUT2D eigenvalue weighted by Crippen LogP contribution is -2.11. The van der Waals surface area contributed by atoms with Crippen molar-refractivity contribution in [3.63, 3.8) is 0 Å². The Bertz CT molecular complexity index is 863. The molecule has 0 bridgehead atoms. The van der Waals surface area contributed by atoms with E-state index in [-0.39, 0.29) is 6.54 Å². The second-order valence-corrected chi connectivity index (χ2v) is 5.62. The zero-order valence-electron chi connectivity index (χ0n) is 12.5. The van der Waals surface area contributed by atoms with Gasteiger partial charge in [0.25, 0.3) is 0 Å². The molecule has 1 atom stereocenters. The van der Waals surface area contributed by atoms with Crippen molar-refractivity contribution in [1.29, 1.82) is 0 Å². The van der Waals surface area contributed by atoms with Crippen LogP contribution < -0.4 is 5.73 Å². The molecule has 2 aromatic carbocycles. The number of primary amides is 1. The fourth-order valence-corrected chi connectivity index (χ4v) is 2.39. The second kappa shape index (κ2) is 6.77. The molecular weight excluding hydrogens is 330 g/mol. The average molecular weight is 344 g/mol.